The van der Waals surface area contributed by atoms with E-state index in [4.69, 9.17) is 9.47 Å². The van der Waals surface area contributed by atoms with Crippen molar-refractivity contribution in [2.45, 2.75) is 19.1 Å². The zero-order valence-electron chi connectivity index (χ0n) is 11.2. The summed E-state index contributed by atoms with van der Waals surface area (Å²) in [5.74, 6) is -0.165. The lowest BCUT2D eigenvalue weighted by atomic mass is 10.2. The first-order valence-corrected chi connectivity index (χ1v) is 5.91. The molecule has 1 amide bonds. The summed E-state index contributed by atoms with van der Waals surface area (Å²) in [6, 6.07) is 3.99. The van der Waals surface area contributed by atoms with Gasteiger partial charge in [0.25, 0.3) is 5.91 Å². The summed E-state index contributed by atoms with van der Waals surface area (Å²) in [5.41, 5.74) is -0.761. The van der Waals surface area contributed by atoms with Gasteiger partial charge in [-0.1, -0.05) is 0 Å². The number of halogens is 3. The largest absolute Gasteiger partial charge is 0.484 e. The normalized spacial score (nSPS) is 12.8. The molecule has 112 valence electrons. The van der Waals surface area contributed by atoms with Gasteiger partial charge in [-0.3, -0.25) is 4.79 Å². The number of carbonyl (C=O) groups is 1. The van der Waals surface area contributed by atoms with E-state index in [2.05, 4.69) is 5.32 Å². The average Bonchev–Trinajstić information content (AvgIpc) is 2.36. The van der Waals surface area contributed by atoms with Gasteiger partial charge in [-0.2, -0.15) is 13.2 Å². The van der Waals surface area contributed by atoms with E-state index in [9.17, 15) is 18.0 Å². The van der Waals surface area contributed by atoms with Crippen molar-refractivity contribution in [3.63, 3.8) is 0 Å². The number of ether oxygens (including phenoxy) is 2. The Kier molecular flexibility index (Phi) is 5.82. The number of hydrogen-bond acceptors (Lipinski definition) is 3. The van der Waals surface area contributed by atoms with Gasteiger partial charge in [0, 0.05) is 13.2 Å². The van der Waals surface area contributed by atoms with Crippen LogP contribution in [0.2, 0.25) is 0 Å². The van der Waals surface area contributed by atoms with Crippen molar-refractivity contribution in [3.05, 3.63) is 29.8 Å². The third-order valence-electron chi connectivity index (χ3n) is 2.38. The summed E-state index contributed by atoms with van der Waals surface area (Å²) >= 11 is 0. The zero-order chi connectivity index (χ0) is 15.2. The van der Waals surface area contributed by atoms with Crippen LogP contribution in [0.25, 0.3) is 0 Å². The maximum atomic E-state index is 12.3. The SMILES string of the molecule is COCC(C)NC(=O)COc1ccc(C(F)(F)F)cc1. The third kappa shape index (κ3) is 5.48. The molecular weight excluding hydrogens is 275 g/mol. The summed E-state index contributed by atoms with van der Waals surface area (Å²) in [6.45, 7) is 1.87. The zero-order valence-corrected chi connectivity index (χ0v) is 11.2. The van der Waals surface area contributed by atoms with Gasteiger partial charge >= 0.3 is 6.18 Å². The first kappa shape index (κ1) is 16.3. The van der Waals surface area contributed by atoms with Crippen molar-refractivity contribution < 1.29 is 27.4 Å². The smallest absolute Gasteiger partial charge is 0.416 e. The Morgan fingerprint density at radius 1 is 1.30 bits per heavy atom. The molecule has 4 nitrogen and oxygen atoms in total. The molecule has 0 saturated heterocycles. The molecule has 1 aromatic carbocycles. The van der Waals surface area contributed by atoms with Crippen LogP contribution in [0, 0.1) is 0 Å². The molecule has 1 rings (SSSR count). The predicted molar refractivity (Wildman–Crippen MR) is 66.4 cm³/mol. The molecule has 0 radical (unpaired) electrons. The van der Waals surface area contributed by atoms with E-state index in [1.165, 1.54) is 19.2 Å². The van der Waals surface area contributed by atoms with E-state index in [1.807, 2.05) is 0 Å². The van der Waals surface area contributed by atoms with E-state index in [-0.39, 0.29) is 24.3 Å². The minimum Gasteiger partial charge on any atom is -0.484 e. The molecule has 0 aliphatic heterocycles. The number of carbonyl (C=O) groups excluding carboxylic acids is 1. The number of methoxy groups -OCH3 is 1. The molecule has 1 unspecified atom stereocenters. The molecule has 1 aromatic rings. The van der Waals surface area contributed by atoms with Crippen molar-refractivity contribution >= 4 is 5.91 Å². The molecule has 20 heavy (non-hydrogen) atoms. The summed E-state index contributed by atoms with van der Waals surface area (Å²) in [4.78, 5) is 11.5. The monoisotopic (exact) mass is 291 g/mol. The third-order valence-corrected chi connectivity index (χ3v) is 2.38. The summed E-state index contributed by atoms with van der Waals surface area (Å²) in [6.07, 6.45) is -4.38. The first-order chi connectivity index (χ1) is 9.32. The van der Waals surface area contributed by atoms with Crippen LogP contribution < -0.4 is 10.1 Å². The van der Waals surface area contributed by atoms with Gasteiger partial charge < -0.3 is 14.8 Å². The fraction of sp³-hybridized carbons (Fsp3) is 0.462. The van der Waals surface area contributed by atoms with Gasteiger partial charge in [-0.25, -0.2) is 0 Å². The molecule has 0 spiro atoms. The average molecular weight is 291 g/mol. The van der Waals surface area contributed by atoms with Gasteiger partial charge in [0.1, 0.15) is 5.75 Å². The molecule has 0 fully saturated rings. The minimum absolute atomic E-state index is 0.163. The first-order valence-electron chi connectivity index (χ1n) is 5.91. The second-order valence-electron chi connectivity index (χ2n) is 4.23. The molecule has 0 aromatic heterocycles. The fourth-order valence-electron chi connectivity index (χ4n) is 1.50. The van der Waals surface area contributed by atoms with Crippen molar-refractivity contribution in [1.29, 1.82) is 0 Å². The highest BCUT2D eigenvalue weighted by Gasteiger charge is 2.30. The summed E-state index contributed by atoms with van der Waals surface area (Å²) in [5, 5.41) is 2.62. The van der Waals surface area contributed by atoms with Crippen molar-refractivity contribution in [2.75, 3.05) is 20.3 Å². The van der Waals surface area contributed by atoms with Crippen LogP contribution in [0.3, 0.4) is 0 Å². The van der Waals surface area contributed by atoms with E-state index < -0.39 is 11.7 Å². The Labute approximate surface area is 114 Å². The Morgan fingerprint density at radius 2 is 1.90 bits per heavy atom. The Morgan fingerprint density at radius 3 is 2.40 bits per heavy atom. The highest BCUT2D eigenvalue weighted by Crippen LogP contribution is 2.30. The van der Waals surface area contributed by atoms with Gasteiger partial charge in [-0.15, -0.1) is 0 Å². The van der Waals surface area contributed by atoms with E-state index in [0.29, 0.717) is 6.61 Å². The van der Waals surface area contributed by atoms with E-state index in [0.717, 1.165) is 12.1 Å². The van der Waals surface area contributed by atoms with Crippen LogP contribution in [-0.4, -0.2) is 32.3 Å². The quantitative estimate of drug-likeness (QED) is 0.874. The number of nitrogens with one attached hydrogen (secondary N) is 1. The standard InChI is InChI=1S/C13H16F3NO3/c1-9(7-19-2)17-12(18)8-20-11-5-3-10(4-6-11)13(14,15)16/h3-6,9H,7-8H2,1-2H3,(H,17,18). The molecule has 0 aliphatic carbocycles. The molecule has 0 heterocycles. The summed E-state index contributed by atoms with van der Waals surface area (Å²) < 4.78 is 46.9. The van der Waals surface area contributed by atoms with Crippen LogP contribution in [0.1, 0.15) is 12.5 Å². The highest BCUT2D eigenvalue weighted by atomic mass is 19.4. The Hall–Kier alpha value is -1.76. The van der Waals surface area contributed by atoms with E-state index in [1.54, 1.807) is 6.92 Å². The number of rotatable bonds is 6. The topological polar surface area (TPSA) is 47.6 Å². The molecule has 0 aliphatic rings. The molecule has 1 atom stereocenters. The fourth-order valence-corrected chi connectivity index (χ4v) is 1.50. The maximum absolute atomic E-state index is 12.3. The van der Waals surface area contributed by atoms with Gasteiger partial charge in [0.05, 0.1) is 12.2 Å². The van der Waals surface area contributed by atoms with E-state index >= 15 is 0 Å². The van der Waals surface area contributed by atoms with Gasteiger partial charge in [-0.05, 0) is 31.2 Å². The van der Waals surface area contributed by atoms with Crippen LogP contribution in [0.4, 0.5) is 13.2 Å². The van der Waals surface area contributed by atoms with Crippen LogP contribution >= 0.6 is 0 Å². The lowest BCUT2D eigenvalue weighted by Crippen LogP contribution is -2.38. The molecule has 0 saturated carbocycles. The molecular formula is C13H16F3NO3. The van der Waals surface area contributed by atoms with Crippen LogP contribution in [-0.2, 0) is 15.7 Å². The molecule has 7 heteroatoms. The van der Waals surface area contributed by atoms with Gasteiger partial charge in [0.15, 0.2) is 6.61 Å². The van der Waals surface area contributed by atoms with Crippen molar-refractivity contribution in [2.24, 2.45) is 0 Å². The lowest BCUT2D eigenvalue weighted by Gasteiger charge is -2.13. The van der Waals surface area contributed by atoms with Crippen LogP contribution in [0.15, 0.2) is 24.3 Å². The van der Waals surface area contributed by atoms with Crippen LogP contribution in [0.5, 0.6) is 5.75 Å². The maximum Gasteiger partial charge on any atom is 0.416 e. The minimum atomic E-state index is -4.38. The Bertz CT molecular complexity index is 431. The second-order valence-corrected chi connectivity index (χ2v) is 4.23. The lowest BCUT2D eigenvalue weighted by molar-refractivity contribution is -0.137. The molecule has 0 bridgehead atoms. The molecule has 1 N–H and O–H groups in total. The second kappa shape index (κ2) is 7.14. The van der Waals surface area contributed by atoms with Crippen molar-refractivity contribution in [1.82, 2.24) is 5.32 Å². The number of benzene rings is 1. The van der Waals surface area contributed by atoms with Gasteiger partial charge in [0.2, 0.25) is 0 Å². The number of amides is 1. The highest BCUT2D eigenvalue weighted by molar-refractivity contribution is 5.77. The van der Waals surface area contributed by atoms with Crippen molar-refractivity contribution in [3.8, 4) is 5.75 Å². The number of alkyl halides is 3. The number of hydrogen-bond donors (Lipinski definition) is 1. The Balaban J connectivity index is 2.44. The summed E-state index contributed by atoms with van der Waals surface area (Å²) in [7, 11) is 1.52. The predicted octanol–water partition coefficient (Wildman–Crippen LogP) is 2.24.